The van der Waals surface area contributed by atoms with E-state index in [9.17, 15) is 9.90 Å². The molecule has 138 valence electrons. The van der Waals surface area contributed by atoms with E-state index >= 15 is 0 Å². The van der Waals surface area contributed by atoms with E-state index < -0.39 is 12.0 Å². The second kappa shape index (κ2) is 7.49. The normalized spacial score (nSPS) is 19.1. The maximum atomic E-state index is 11.9. The summed E-state index contributed by atoms with van der Waals surface area (Å²) in [7, 11) is 0. The van der Waals surface area contributed by atoms with Crippen molar-refractivity contribution in [3.8, 4) is 0 Å². The predicted molar refractivity (Wildman–Crippen MR) is 107 cm³/mol. The highest BCUT2D eigenvalue weighted by molar-refractivity contribution is 5.78. The van der Waals surface area contributed by atoms with Gasteiger partial charge in [-0.2, -0.15) is 0 Å². The number of hydrogen-bond donors (Lipinski definition) is 1. The van der Waals surface area contributed by atoms with Crippen LogP contribution in [0.5, 0.6) is 0 Å². The molecule has 2 heterocycles. The van der Waals surface area contributed by atoms with E-state index in [1.807, 2.05) is 30.3 Å². The van der Waals surface area contributed by atoms with Crippen molar-refractivity contribution in [2.45, 2.75) is 38.3 Å². The smallest absolute Gasteiger partial charge is 0.320 e. The Kier molecular flexibility index (Phi) is 4.90. The first-order valence-corrected chi connectivity index (χ1v) is 9.54. The molecule has 0 amide bonds. The van der Waals surface area contributed by atoms with Crippen LogP contribution in [0.15, 0.2) is 60.7 Å². The molecule has 1 fully saturated rings. The molecule has 1 saturated heterocycles. The predicted octanol–water partition coefficient (Wildman–Crippen LogP) is 4.57. The van der Waals surface area contributed by atoms with Crippen LogP contribution in [-0.2, 0) is 4.79 Å². The quantitative estimate of drug-likeness (QED) is 0.740. The van der Waals surface area contributed by atoms with Gasteiger partial charge in [-0.05, 0) is 44.0 Å². The summed E-state index contributed by atoms with van der Waals surface area (Å²) in [6.45, 7) is 2.84. The molecule has 1 aliphatic rings. The third-order valence-corrected chi connectivity index (χ3v) is 5.42. The van der Waals surface area contributed by atoms with Crippen molar-refractivity contribution >= 4 is 16.9 Å². The van der Waals surface area contributed by atoms with Gasteiger partial charge in [-0.3, -0.25) is 14.7 Å². The molecule has 2 aromatic carbocycles. The Balaban J connectivity index is 1.85. The van der Waals surface area contributed by atoms with Crippen LogP contribution in [0.2, 0.25) is 0 Å². The zero-order valence-corrected chi connectivity index (χ0v) is 15.5. The minimum atomic E-state index is -0.742. The SMILES string of the molecule is Cc1cccc(C(c2ccc3ccccc3n2)N2CCCCC2C(=O)O)c1. The molecular weight excluding hydrogens is 336 g/mol. The van der Waals surface area contributed by atoms with Gasteiger partial charge in [0.05, 0.1) is 17.3 Å². The van der Waals surface area contributed by atoms with Crippen molar-refractivity contribution in [1.29, 1.82) is 0 Å². The number of carboxylic acid groups (broad SMARTS) is 1. The van der Waals surface area contributed by atoms with Crippen molar-refractivity contribution in [3.05, 3.63) is 77.5 Å². The van der Waals surface area contributed by atoms with Crippen molar-refractivity contribution in [3.63, 3.8) is 0 Å². The fourth-order valence-corrected chi connectivity index (χ4v) is 4.13. The van der Waals surface area contributed by atoms with Crippen LogP contribution >= 0.6 is 0 Å². The highest BCUT2D eigenvalue weighted by Gasteiger charge is 2.35. The summed E-state index contributed by atoms with van der Waals surface area (Å²) in [5, 5.41) is 10.9. The average Bonchev–Trinajstić information content (AvgIpc) is 2.68. The third kappa shape index (κ3) is 3.58. The van der Waals surface area contributed by atoms with Crippen molar-refractivity contribution in [2.24, 2.45) is 0 Å². The lowest BCUT2D eigenvalue weighted by molar-refractivity contribution is -0.145. The van der Waals surface area contributed by atoms with Crippen molar-refractivity contribution in [1.82, 2.24) is 9.88 Å². The van der Waals surface area contributed by atoms with E-state index in [1.54, 1.807) is 0 Å². The number of likely N-dealkylation sites (tertiary alicyclic amines) is 1. The lowest BCUT2D eigenvalue weighted by Crippen LogP contribution is -2.47. The van der Waals surface area contributed by atoms with Crippen LogP contribution in [0.25, 0.3) is 10.9 Å². The number of aryl methyl sites for hydroxylation is 1. The van der Waals surface area contributed by atoms with E-state index in [-0.39, 0.29) is 6.04 Å². The van der Waals surface area contributed by atoms with Gasteiger partial charge in [-0.15, -0.1) is 0 Å². The standard InChI is InChI=1S/C23H24N2O2/c1-16-7-6-9-18(15-16)22(25-14-5-4-11-21(25)23(26)27)20-13-12-17-8-2-3-10-19(17)24-20/h2-3,6-10,12-13,15,21-22H,4-5,11,14H2,1H3,(H,26,27). The molecule has 2 unspecified atom stereocenters. The molecule has 0 saturated carbocycles. The van der Waals surface area contributed by atoms with Crippen LogP contribution in [0.3, 0.4) is 0 Å². The summed E-state index contributed by atoms with van der Waals surface area (Å²) in [6, 6.07) is 19.9. The van der Waals surface area contributed by atoms with Gasteiger partial charge in [-0.25, -0.2) is 0 Å². The number of nitrogens with zero attached hydrogens (tertiary/aromatic N) is 2. The summed E-state index contributed by atoms with van der Waals surface area (Å²) in [5.74, 6) is -0.742. The monoisotopic (exact) mass is 360 g/mol. The lowest BCUT2D eigenvalue weighted by atomic mass is 9.93. The van der Waals surface area contributed by atoms with Crippen LogP contribution in [0, 0.1) is 6.92 Å². The Morgan fingerprint density at radius 3 is 2.78 bits per heavy atom. The number of piperidine rings is 1. The highest BCUT2D eigenvalue weighted by Crippen LogP contribution is 2.34. The first-order valence-electron chi connectivity index (χ1n) is 9.54. The molecule has 4 nitrogen and oxygen atoms in total. The number of pyridine rings is 1. The van der Waals surface area contributed by atoms with Gasteiger partial charge in [0.2, 0.25) is 0 Å². The molecule has 1 aliphatic heterocycles. The Morgan fingerprint density at radius 1 is 1.11 bits per heavy atom. The maximum absolute atomic E-state index is 11.9. The summed E-state index contributed by atoms with van der Waals surface area (Å²) in [5.41, 5.74) is 4.12. The molecule has 0 spiro atoms. The molecule has 1 aromatic heterocycles. The number of fused-ring (bicyclic) bond motifs is 1. The number of rotatable bonds is 4. The van der Waals surface area contributed by atoms with Crippen molar-refractivity contribution < 1.29 is 9.90 Å². The second-order valence-corrected chi connectivity index (χ2v) is 7.33. The van der Waals surface area contributed by atoms with Gasteiger partial charge in [0.1, 0.15) is 6.04 Å². The minimum Gasteiger partial charge on any atom is -0.480 e. The summed E-state index contributed by atoms with van der Waals surface area (Å²) < 4.78 is 0. The molecule has 2 atom stereocenters. The number of benzene rings is 2. The first kappa shape index (κ1) is 17.7. The average molecular weight is 360 g/mol. The summed E-state index contributed by atoms with van der Waals surface area (Å²) in [4.78, 5) is 19.0. The Labute approximate surface area is 159 Å². The van der Waals surface area contributed by atoms with Gasteiger partial charge >= 0.3 is 5.97 Å². The Bertz CT molecular complexity index is 969. The van der Waals surface area contributed by atoms with Crippen molar-refractivity contribution in [2.75, 3.05) is 6.54 Å². The lowest BCUT2D eigenvalue weighted by Gasteiger charge is -2.39. The minimum absolute atomic E-state index is 0.157. The Hall–Kier alpha value is -2.72. The molecule has 27 heavy (non-hydrogen) atoms. The maximum Gasteiger partial charge on any atom is 0.320 e. The zero-order valence-electron chi connectivity index (χ0n) is 15.5. The van der Waals surface area contributed by atoms with Crippen LogP contribution in [0.4, 0.5) is 0 Å². The third-order valence-electron chi connectivity index (χ3n) is 5.42. The topological polar surface area (TPSA) is 53.4 Å². The molecule has 3 aromatic rings. The van der Waals surface area contributed by atoms with E-state index in [0.29, 0.717) is 6.42 Å². The summed E-state index contributed by atoms with van der Waals surface area (Å²) in [6.07, 6.45) is 2.66. The molecule has 0 radical (unpaired) electrons. The number of para-hydroxylation sites is 1. The number of carbonyl (C=O) groups is 1. The number of aliphatic carboxylic acids is 1. The molecule has 4 heteroatoms. The highest BCUT2D eigenvalue weighted by atomic mass is 16.4. The Morgan fingerprint density at radius 2 is 1.96 bits per heavy atom. The van der Waals surface area contributed by atoms with Gasteiger partial charge in [0.25, 0.3) is 0 Å². The van der Waals surface area contributed by atoms with E-state index in [2.05, 4.69) is 42.2 Å². The summed E-state index contributed by atoms with van der Waals surface area (Å²) >= 11 is 0. The van der Waals surface area contributed by atoms with Gasteiger partial charge in [0, 0.05) is 5.39 Å². The first-order chi connectivity index (χ1) is 13.1. The molecule has 0 bridgehead atoms. The fraction of sp³-hybridized carbons (Fsp3) is 0.304. The molecule has 4 rings (SSSR count). The number of hydrogen-bond acceptors (Lipinski definition) is 3. The van der Waals surface area contributed by atoms with Gasteiger partial charge in [0.15, 0.2) is 0 Å². The van der Waals surface area contributed by atoms with E-state index in [0.717, 1.165) is 41.5 Å². The second-order valence-electron chi connectivity index (χ2n) is 7.33. The molecule has 1 N–H and O–H groups in total. The number of carboxylic acids is 1. The number of aromatic nitrogens is 1. The molecular formula is C23H24N2O2. The van der Waals surface area contributed by atoms with Crippen LogP contribution < -0.4 is 0 Å². The van der Waals surface area contributed by atoms with Crippen LogP contribution in [0.1, 0.15) is 42.1 Å². The van der Waals surface area contributed by atoms with Gasteiger partial charge < -0.3 is 5.11 Å². The van der Waals surface area contributed by atoms with E-state index in [4.69, 9.17) is 4.98 Å². The van der Waals surface area contributed by atoms with E-state index in [1.165, 1.54) is 5.56 Å². The largest absolute Gasteiger partial charge is 0.480 e. The zero-order chi connectivity index (χ0) is 18.8. The molecule has 0 aliphatic carbocycles. The van der Waals surface area contributed by atoms with Gasteiger partial charge in [-0.1, -0.05) is 60.5 Å². The van der Waals surface area contributed by atoms with Crippen LogP contribution in [-0.4, -0.2) is 33.5 Å². The fourth-order valence-electron chi connectivity index (χ4n) is 4.13.